The van der Waals surface area contributed by atoms with Crippen molar-refractivity contribution in [2.75, 3.05) is 0 Å². The van der Waals surface area contributed by atoms with Crippen LogP contribution in [-0.2, 0) is 0 Å². The van der Waals surface area contributed by atoms with Gasteiger partial charge in [0.2, 0.25) is 0 Å². The van der Waals surface area contributed by atoms with Gasteiger partial charge in [-0.3, -0.25) is 14.9 Å². The number of hydrogen-bond donors (Lipinski definition) is 2. The van der Waals surface area contributed by atoms with Crippen LogP contribution in [0.3, 0.4) is 0 Å². The third-order valence-corrected chi connectivity index (χ3v) is 1.68. The van der Waals surface area contributed by atoms with Crippen molar-refractivity contribution in [1.29, 1.82) is 0 Å². The standard InChI is InChI=1S/C8H7N5O/c9-8(14)7-4-10-3-6(13-7)5-1-11-12-2-5/h1-4H,(H2,9,14)(H,11,12). The molecule has 1 amide bonds. The lowest BCUT2D eigenvalue weighted by atomic mass is 10.2. The van der Waals surface area contributed by atoms with E-state index in [9.17, 15) is 4.79 Å². The Morgan fingerprint density at radius 3 is 2.86 bits per heavy atom. The van der Waals surface area contributed by atoms with Gasteiger partial charge in [0.25, 0.3) is 5.91 Å². The van der Waals surface area contributed by atoms with E-state index in [4.69, 9.17) is 5.73 Å². The van der Waals surface area contributed by atoms with Crippen LogP contribution in [-0.4, -0.2) is 26.1 Å². The first kappa shape index (κ1) is 8.36. The molecule has 0 aromatic carbocycles. The molecule has 0 spiro atoms. The van der Waals surface area contributed by atoms with Gasteiger partial charge in [-0.25, -0.2) is 4.98 Å². The zero-order valence-electron chi connectivity index (χ0n) is 7.14. The average Bonchev–Trinajstić information content (AvgIpc) is 2.71. The van der Waals surface area contributed by atoms with Crippen molar-refractivity contribution in [3.05, 3.63) is 30.5 Å². The lowest BCUT2D eigenvalue weighted by Crippen LogP contribution is -2.13. The number of H-pyrrole nitrogens is 1. The van der Waals surface area contributed by atoms with Gasteiger partial charge in [0.05, 0.1) is 24.3 Å². The van der Waals surface area contributed by atoms with E-state index in [1.165, 1.54) is 12.4 Å². The van der Waals surface area contributed by atoms with Crippen LogP contribution in [0, 0.1) is 0 Å². The molecule has 2 aromatic rings. The summed E-state index contributed by atoms with van der Waals surface area (Å²) in [4.78, 5) is 18.7. The molecule has 2 rings (SSSR count). The van der Waals surface area contributed by atoms with E-state index < -0.39 is 5.91 Å². The molecule has 6 nitrogen and oxygen atoms in total. The fourth-order valence-corrected chi connectivity index (χ4v) is 1.01. The van der Waals surface area contributed by atoms with Crippen molar-refractivity contribution in [2.45, 2.75) is 0 Å². The summed E-state index contributed by atoms with van der Waals surface area (Å²) >= 11 is 0. The summed E-state index contributed by atoms with van der Waals surface area (Å²) < 4.78 is 0. The Bertz CT molecular complexity index is 451. The second-order valence-corrected chi connectivity index (χ2v) is 2.64. The van der Waals surface area contributed by atoms with E-state index in [1.54, 1.807) is 12.4 Å². The highest BCUT2D eigenvalue weighted by atomic mass is 16.1. The molecule has 0 unspecified atom stereocenters. The average molecular weight is 189 g/mol. The zero-order valence-corrected chi connectivity index (χ0v) is 7.14. The summed E-state index contributed by atoms with van der Waals surface area (Å²) in [5.41, 5.74) is 6.54. The smallest absolute Gasteiger partial charge is 0.268 e. The van der Waals surface area contributed by atoms with Gasteiger partial charge in [0, 0.05) is 11.8 Å². The number of amides is 1. The third kappa shape index (κ3) is 1.45. The molecule has 0 aliphatic carbocycles. The number of hydrogen-bond acceptors (Lipinski definition) is 4. The number of aromatic amines is 1. The molecular formula is C8H7N5O. The summed E-state index contributed by atoms with van der Waals surface area (Å²) in [5, 5.41) is 6.41. The largest absolute Gasteiger partial charge is 0.364 e. The predicted octanol–water partition coefficient (Wildman–Crippen LogP) is -0.0344. The minimum Gasteiger partial charge on any atom is -0.364 e. The van der Waals surface area contributed by atoms with Crippen LogP contribution in [0.25, 0.3) is 11.3 Å². The summed E-state index contributed by atoms with van der Waals surface area (Å²) in [7, 11) is 0. The lowest BCUT2D eigenvalue weighted by molar-refractivity contribution is 0.0995. The quantitative estimate of drug-likeness (QED) is 0.692. The first-order valence-electron chi connectivity index (χ1n) is 3.88. The molecular weight excluding hydrogens is 182 g/mol. The van der Waals surface area contributed by atoms with Gasteiger partial charge in [-0.1, -0.05) is 0 Å². The first-order chi connectivity index (χ1) is 6.77. The Kier molecular flexibility index (Phi) is 1.94. The molecule has 2 aromatic heterocycles. The topological polar surface area (TPSA) is 97.5 Å². The molecule has 70 valence electrons. The van der Waals surface area contributed by atoms with Gasteiger partial charge in [-0.05, 0) is 0 Å². The number of nitrogens with zero attached hydrogens (tertiary/aromatic N) is 3. The monoisotopic (exact) mass is 189 g/mol. The molecule has 0 aliphatic rings. The van der Waals surface area contributed by atoms with Crippen molar-refractivity contribution in [3.63, 3.8) is 0 Å². The van der Waals surface area contributed by atoms with Crippen molar-refractivity contribution in [3.8, 4) is 11.3 Å². The molecule has 0 saturated heterocycles. The van der Waals surface area contributed by atoms with Crippen molar-refractivity contribution >= 4 is 5.91 Å². The molecule has 3 N–H and O–H groups in total. The minimum absolute atomic E-state index is 0.142. The third-order valence-electron chi connectivity index (χ3n) is 1.68. The van der Waals surface area contributed by atoms with Crippen LogP contribution < -0.4 is 5.73 Å². The van der Waals surface area contributed by atoms with Gasteiger partial charge < -0.3 is 5.73 Å². The lowest BCUT2D eigenvalue weighted by Gasteiger charge is -1.97. The summed E-state index contributed by atoms with van der Waals surface area (Å²) in [6, 6.07) is 0. The van der Waals surface area contributed by atoms with Crippen molar-refractivity contribution in [1.82, 2.24) is 20.2 Å². The number of carbonyl (C=O) groups is 1. The minimum atomic E-state index is -0.595. The highest BCUT2D eigenvalue weighted by Gasteiger charge is 2.06. The molecule has 2 heterocycles. The van der Waals surface area contributed by atoms with E-state index in [-0.39, 0.29) is 5.69 Å². The van der Waals surface area contributed by atoms with Crippen LogP contribution in [0.4, 0.5) is 0 Å². The number of nitrogens with one attached hydrogen (secondary N) is 1. The van der Waals surface area contributed by atoms with Crippen molar-refractivity contribution in [2.24, 2.45) is 5.73 Å². The van der Waals surface area contributed by atoms with Gasteiger partial charge in [0.1, 0.15) is 5.69 Å². The van der Waals surface area contributed by atoms with Crippen LogP contribution in [0.15, 0.2) is 24.8 Å². The van der Waals surface area contributed by atoms with Crippen LogP contribution in [0.5, 0.6) is 0 Å². The van der Waals surface area contributed by atoms with E-state index in [1.807, 2.05) is 0 Å². The van der Waals surface area contributed by atoms with Gasteiger partial charge >= 0.3 is 0 Å². The van der Waals surface area contributed by atoms with Crippen LogP contribution >= 0.6 is 0 Å². The number of nitrogens with two attached hydrogens (primary N) is 1. The maximum Gasteiger partial charge on any atom is 0.268 e. The number of rotatable bonds is 2. The number of aromatic nitrogens is 4. The van der Waals surface area contributed by atoms with E-state index in [0.29, 0.717) is 5.69 Å². The normalized spacial score (nSPS) is 10.0. The van der Waals surface area contributed by atoms with E-state index in [2.05, 4.69) is 20.2 Å². The highest BCUT2D eigenvalue weighted by Crippen LogP contribution is 2.12. The fourth-order valence-electron chi connectivity index (χ4n) is 1.01. The molecule has 0 fully saturated rings. The molecule has 0 bridgehead atoms. The second kappa shape index (κ2) is 3.25. The van der Waals surface area contributed by atoms with E-state index >= 15 is 0 Å². The van der Waals surface area contributed by atoms with Crippen LogP contribution in [0.1, 0.15) is 10.5 Å². The predicted molar refractivity (Wildman–Crippen MR) is 48.1 cm³/mol. The summed E-state index contributed by atoms with van der Waals surface area (Å²) in [6.07, 6.45) is 6.12. The van der Waals surface area contributed by atoms with Gasteiger partial charge in [-0.2, -0.15) is 5.10 Å². The maximum absolute atomic E-state index is 10.8. The molecule has 14 heavy (non-hydrogen) atoms. The maximum atomic E-state index is 10.8. The Morgan fingerprint density at radius 2 is 2.21 bits per heavy atom. The highest BCUT2D eigenvalue weighted by molar-refractivity contribution is 5.90. The van der Waals surface area contributed by atoms with Gasteiger partial charge in [0.15, 0.2) is 0 Å². The molecule has 6 heteroatoms. The first-order valence-corrected chi connectivity index (χ1v) is 3.88. The Labute approximate surface area is 79.2 Å². The Balaban J connectivity index is 2.46. The van der Waals surface area contributed by atoms with Gasteiger partial charge in [-0.15, -0.1) is 0 Å². The Hall–Kier alpha value is -2.24. The fraction of sp³-hybridized carbons (Fsp3) is 0. The van der Waals surface area contributed by atoms with E-state index in [0.717, 1.165) is 5.56 Å². The molecule has 0 aliphatic heterocycles. The molecule has 0 radical (unpaired) electrons. The molecule has 0 saturated carbocycles. The molecule has 0 atom stereocenters. The van der Waals surface area contributed by atoms with Crippen molar-refractivity contribution < 1.29 is 4.79 Å². The number of carbonyl (C=O) groups excluding carboxylic acids is 1. The second-order valence-electron chi connectivity index (χ2n) is 2.64. The SMILES string of the molecule is NC(=O)c1cncc(-c2cn[nH]c2)n1. The van der Waals surface area contributed by atoms with Crippen LogP contribution in [0.2, 0.25) is 0 Å². The summed E-state index contributed by atoms with van der Waals surface area (Å²) in [6.45, 7) is 0. The Morgan fingerprint density at radius 1 is 1.36 bits per heavy atom. The summed E-state index contributed by atoms with van der Waals surface area (Å²) in [5.74, 6) is -0.595. The number of primary amides is 1. The zero-order chi connectivity index (χ0) is 9.97.